The molecule has 0 spiro atoms. The van der Waals surface area contributed by atoms with E-state index in [-0.39, 0.29) is 18.4 Å². The van der Waals surface area contributed by atoms with Gasteiger partial charge in [-0.3, -0.25) is 9.69 Å². The molecule has 1 aromatic carbocycles. The van der Waals surface area contributed by atoms with Gasteiger partial charge in [0.25, 0.3) is 0 Å². The molecular formula is C13H16N2O3S. The SMILES string of the molecule is O=C(CN1CCCC1C(=O)ONS)c1ccccc1. The summed E-state index contributed by atoms with van der Waals surface area (Å²) in [5.41, 5.74) is 0.661. The molecule has 1 atom stereocenters. The van der Waals surface area contributed by atoms with Crippen molar-refractivity contribution in [2.45, 2.75) is 18.9 Å². The number of likely N-dealkylation sites (tertiary alicyclic amines) is 1. The first-order chi connectivity index (χ1) is 9.22. The number of ketones is 1. The molecular weight excluding hydrogens is 264 g/mol. The van der Waals surface area contributed by atoms with Crippen molar-refractivity contribution >= 4 is 24.6 Å². The average molecular weight is 280 g/mol. The van der Waals surface area contributed by atoms with Crippen LogP contribution in [0.4, 0.5) is 0 Å². The smallest absolute Gasteiger partial charge is 0.342 e. The van der Waals surface area contributed by atoms with Crippen molar-refractivity contribution < 1.29 is 14.4 Å². The highest BCUT2D eigenvalue weighted by molar-refractivity contribution is 7.77. The van der Waals surface area contributed by atoms with Gasteiger partial charge in [-0.05, 0) is 19.4 Å². The van der Waals surface area contributed by atoms with Gasteiger partial charge in [0.05, 0.1) is 6.54 Å². The molecule has 1 heterocycles. The van der Waals surface area contributed by atoms with Crippen LogP contribution >= 0.6 is 12.8 Å². The van der Waals surface area contributed by atoms with Crippen molar-refractivity contribution in [3.05, 3.63) is 35.9 Å². The Morgan fingerprint density at radius 1 is 1.37 bits per heavy atom. The summed E-state index contributed by atoms with van der Waals surface area (Å²) < 4.78 is 0. The van der Waals surface area contributed by atoms with E-state index in [1.807, 2.05) is 23.1 Å². The zero-order valence-electron chi connectivity index (χ0n) is 10.4. The third-order valence-corrected chi connectivity index (χ3v) is 3.32. The van der Waals surface area contributed by atoms with Gasteiger partial charge < -0.3 is 4.84 Å². The Balaban J connectivity index is 1.98. The zero-order chi connectivity index (χ0) is 13.7. The minimum absolute atomic E-state index is 0.0131. The lowest BCUT2D eigenvalue weighted by Crippen LogP contribution is -2.41. The van der Waals surface area contributed by atoms with Crippen LogP contribution in [-0.2, 0) is 9.63 Å². The number of carbonyl (C=O) groups is 2. The van der Waals surface area contributed by atoms with E-state index in [9.17, 15) is 9.59 Å². The Morgan fingerprint density at radius 2 is 2.11 bits per heavy atom. The predicted molar refractivity (Wildman–Crippen MR) is 73.6 cm³/mol. The van der Waals surface area contributed by atoms with Crippen molar-refractivity contribution in [1.82, 2.24) is 9.79 Å². The quantitative estimate of drug-likeness (QED) is 0.482. The lowest BCUT2D eigenvalue weighted by atomic mass is 10.1. The summed E-state index contributed by atoms with van der Waals surface area (Å²) in [7, 11) is 0. The molecule has 5 nitrogen and oxygen atoms in total. The van der Waals surface area contributed by atoms with E-state index in [1.165, 1.54) is 0 Å². The first kappa shape index (κ1) is 14.0. The van der Waals surface area contributed by atoms with E-state index in [1.54, 1.807) is 12.1 Å². The Hall–Kier alpha value is -1.37. The Labute approximate surface area is 117 Å². The number of hydrogen-bond donors (Lipinski definition) is 2. The molecule has 0 aliphatic carbocycles. The fourth-order valence-corrected chi connectivity index (χ4v) is 2.39. The number of Topliss-reactive ketones (excluding diaryl/α,β-unsaturated/α-hetero) is 1. The largest absolute Gasteiger partial charge is 0.359 e. The molecule has 1 N–H and O–H groups in total. The third kappa shape index (κ3) is 3.56. The lowest BCUT2D eigenvalue weighted by molar-refractivity contribution is -0.151. The van der Waals surface area contributed by atoms with E-state index in [0.29, 0.717) is 12.0 Å². The molecule has 6 heteroatoms. The van der Waals surface area contributed by atoms with Gasteiger partial charge >= 0.3 is 5.97 Å². The second kappa shape index (κ2) is 6.70. The maximum Gasteiger partial charge on any atom is 0.342 e. The number of hydrogen-bond acceptors (Lipinski definition) is 6. The molecule has 1 aromatic rings. The van der Waals surface area contributed by atoms with Crippen LogP contribution in [-0.4, -0.2) is 35.8 Å². The van der Waals surface area contributed by atoms with Gasteiger partial charge in [-0.15, -0.1) is 0 Å². The summed E-state index contributed by atoms with van der Waals surface area (Å²) >= 11 is 3.63. The van der Waals surface area contributed by atoms with Crippen molar-refractivity contribution in [3.63, 3.8) is 0 Å². The zero-order valence-corrected chi connectivity index (χ0v) is 11.3. The number of nitrogens with one attached hydrogen (secondary N) is 1. The first-order valence-electron chi connectivity index (χ1n) is 6.14. The van der Waals surface area contributed by atoms with Gasteiger partial charge in [0, 0.05) is 5.56 Å². The summed E-state index contributed by atoms with van der Waals surface area (Å²) in [5.74, 6) is -0.382. The van der Waals surface area contributed by atoms with Crippen LogP contribution < -0.4 is 4.89 Å². The fraction of sp³-hybridized carbons (Fsp3) is 0.385. The first-order valence-corrected chi connectivity index (χ1v) is 6.59. The summed E-state index contributed by atoms with van der Waals surface area (Å²) in [5, 5.41) is 0. The number of benzene rings is 1. The Morgan fingerprint density at radius 3 is 2.79 bits per heavy atom. The molecule has 0 radical (unpaired) electrons. The highest BCUT2D eigenvalue weighted by Crippen LogP contribution is 2.18. The molecule has 1 fully saturated rings. The molecule has 2 rings (SSSR count). The Kier molecular flexibility index (Phi) is 4.95. The molecule has 1 aliphatic rings. The highest BCUT2D eigenvalue weighted by atomic mass is 32.1. The second-order valence-corrected chi connectivity index (χ2v) is 4.61. The maximum atomic E-state index is 12.1. The normalized spacial score (nSPS) is 19.3. The topological polar surface area (TPSA) is 58.6 Å². The molecule has 0 aromatic heterocycles. The van der Waals surface area contributed by atoms with Gasteiger partial charge in [0.1, 0.15) is 6.04 Å². The van der Waals surface area contributed by atoms with Gasteiger partial charge in [0.15, 0.2) is 5.78 Å². The van der Waals surface area contributed by atoms with Crippen molar-refractivity contribution in [2.24, 2.45) is 0 Å². The number of thiol groups is 1. The number of nitrogens with zero attached hydrogens (tertiary/aromatic N) is 1. The highest BCUT2D eigenvalue weighted by Gasteiger charge is 2.33. The monoisotopic (exact) mass is 280 g/mol. The van der Waals surface area contributed by atoms with Crippen LogP contribution in [0.25, 0.3) is 0 Å². The molecule has 0 amide bonds. The Bertz CT molecular complexity index is 452. The summed E-state index contributed by atoms with van der Waals surface area (Å²) in [6.07, 6.45) is 1.59. The van der Waals surface area contributed by atoms with Crippen molar-refractivity contribution in [1.29, 1.82) is 0 Å². The number of carbonyl (C=O) groups excluding carboxylic acids is 2. The van der Waals surface area contributed by atoms with E-state index in [0.717, 1.165) is 13.0 Å². The average Bonchev–Trinajstić information content (AvgIpc) is 2.88. The third-order valence-electron chi connectivity index (χ3n) is 3.22. The summed E-state index contributed by atoms with van der Waals surface area (Å²) in [6, 6.07) is 8.71. The van der Waals surface area contributed by atoms with Crippen LogP contribution in [0.3, 0.4) is 0 Å². The summed E-state index contributed by atoms with van der Waals surface area (Å²) in [4.78, 5) is 32.4. The van der Waals surface area contributed by atoms with Crippen LogP contribution in [0.2, 0.25) is 0 Å². The van der Waals surface area contributed by atoms with Gasteiger partial charge in [-0.25, -0.2) is 4.79 Å². The fourth-order valence-electron chi connectivity index (χ4n) is 2.30. The molecule has 0 saturated carbocycles. The second-order valence-electron chi connectivity index (χ2n) is 4.43. The molecule has 19 heavy (non-hydrogen) atoms. The molecule has 102 valence electrons. The van der Waals surface area contributed by atoms with Gasteiger partial charge in [0.2, 0.25) is 0 Å². The van der Waals surface area contributed by atoms with Crippen LogP contribution in [0, 0.1) is 0 Å². The lowest BCUT2D eigenvalue weighted by Gasteiger charge is -2.21. The van der Waals surface area contributed by atoms with E-state index < -0.39 is 5.97 Å². The van der Waals surface area contributed by atoms with E-state index >= 15 is 0 Å². The van der Waals surface area contributed by atoms with E-state index in [4.69, 9.17) is 0 Å². The number of rotatable bonds is 5. The van der Waals surface area contributed by atoms with Gasteiger partial charge in [-0.2, -0.15) is 0 Å². The van der Waals surface area contributed by atoms with Crippen LogP contribution in [0.1, 0.15) is 23.2 Å². The molecule has 1 unspecified atom stereocenters. The van der Waals surface area contributed by atoms with Crippen molar-refractivity contribution in [3.8, 4) is 0 Å². The minimum Gasteiger partial charge on any atom is -0.359 e. The molecule has 1 saturated heterocycles. The maximum absolute atomic E-state index is 12.1. The molecule has 0 bridgehead atoms. The van der Waals surface area contributed by atoms with Gasteiger partial charge in [-0.1, -0.05) is 48.0 Å². The van der Waals surface area contributed by atoms with E-state index in [2.05, 4.69) is 22.5 Å². The van der Waals surface area contributed by atoms with Crippen LogP contribution in [0.15, 0.2) is 30.3 Å². The van der Waals surface area contributed by atoms with Crippen molar-refractivity contribution in [2.75, 3.05) is 13.1 Å². The standard InChI is InChI=1S/C13H16N2O3S/c16-12(10-5-2-1-3-6-10)9-15-8-4-7-11(15)13(17)18-14-19/h1-3,5-6,11,14,19H,4,7-9H2. The summed E-state index contributed by atoms with van der Waals surface area (Å²) in [6.45, 7) is 0.960. The van der Waals surface area contributed by atoms with Crippen LogP contribution in [0.5, 0.6) is 0 Å². The minimum atomic E-state index is -0.395. The predicted octanol–water partition coefficient (Wildman–Crippen LogP) is 1.23. The molecule has 1 aliphatic heterocycles.